The van der Waals surface area contributed by atoms with Crippen LogP contribution < -0.4 is 10.1 Å². The van der Waals surface area contributed by atoms with E-state index in [1.54, 1.807) is 12.1 Å². The molecular weight excluding hydrogens is 318 g/mol. The minimum Gasteiger partial charge on any atom is -0.491 e. The van der Waals surface area contributed by atoms with Crippen molar-refractivity contribution >= 4 is 16.9 Å². The van der Waals surface area contributed by atoms with E-state index in [0.717, 1.165) is 22.4 Å². The normalized spacial score (nSPS) is 10.8. The molecule has 0 aliphatic rings. The summed E-state index contributed by atoms with van der Waals surface area (Å²) in [7, 11) is 1.95. The van der Waals surface area contributed by atoms with Crippen LogP contribution in [0, 0.1) is 6.92 Å². The zero-order valence-corrected chi connectivity index (χ0v) is 14.3. The summed E-state index contributed by atoms with van der Waals surface area (Å²) in [6.07, 6.45) is 0. The summed E-state index contributed by atoms with van der Waals surface area (Å²) in [5.74, 6) is 1.40. The summed E-state index contributed by atoms with van der Waals surface area (Å²) >= 11 is 0. The zero-order chi connectivity index (χ0) is 17.8. The molecule has 0 saturated heterocycles. The molecule has 2 N–H and O–H groups in total. The average Bonchev–Trinajstić information content (AvgIpc) is 2.92. The third-order valence-electron chi connectivity index (χ3n) is 4.13. The van der Waals surface area contributed by atoms with Gasteiger partial charge in [-0.15, -0.1) is 0 Å². The van der Waals surface area contributed by atoms with Gasteiger partial charge in [0.15, 0.2) is 0 Å². The van der Waals surface area contributed by atoms with Gasteiger partial charge in [-0.05, 0) is 31.2 Å². The maximum absolute atomic E-state index is 12.5. The third-order valence-corrected chi connectivity index (χ3v) is 4.13. The van der Waals surface area contributed by atoms with E-state index in [0.29, 0.717) is 17.9 Å². The Hall–Kier alpha value is -2.86. The average molecular weight is 339 g/mol. The molecule has 1 aromatic heterocycles. The molecule has 1 amide bonds. The first-order valence-corrected chi connectivity index (χ1v) is 8.13. The van der Waals surface area contributed by atoms with Crippen LogP contribution in [0.3, 0.4) is 0 Å². The first-order chi connectivity index (χ1) is 12.1. The Kier molecular flexibility index (Phi) is 5.00. The van der Waals surface area contributed by atoms with Gasteiger partial charge in [0.05, 0.1) is 17.6 Å². The Labute approximate surface area is 146 Å². The Balaban J connectivity index is 1.73. The summed E-state index contributed by atoms with van der Waals surface area (Å²) in [5.41, 5.74) is 3.23. The lowest BCUT2D eigenvalue weighted by molar-refractivity contribution is 0.0950. The minimum atomic E-state index is -0.165. The van der Waals surface area contributed by atoms with Gasteiger partial charge >= 0.3 is 0 Å². The number of nitrogens with zero attached hydrogens (tertiary/aromatic N) is 2. The standard InChI is InChI=1S/C19H21N3O3/c1-13-21-16-11-14(7-8-17(16)22(13)2)19(24)20-12-15-5-3-4-6-18(15)25-10-9-23/h3-8,11,23H,9-10,12H2,1-2H3,(H,20,24). The van der Waals surface area contributed by atoms with Crippen molar-refractivity contribution in [1.29, 1.82) is 0 Å². The molecule has 3 rings (SSSR count). The van der Waals surface area contributed by atoms with Gasteiger partial charge in [-0.3, -0.25) is 4.79 Å². The first kappa shape index (κ1) is 17.0. The van der Waals surface area contributed by atoms with Crippen LogP contribution >= 0.6 is 0 Å². The van der Waals surface area contributed by atoms with Gasteiger partial charge in [-0.25, -0.2) is 4.98 Å². The van der Waals surface area contributed by atoms with Crippen LogP contribution in [0.4, 0.5) is 0 Å². The van der Waals surface area contributed by atoms with Crippen LogP contribution in [0.25, 0.3) is 11.0 Å². The van der Waals surface area contributed by atoms with Crippen molar-refractivity contribution in [3.8, 4) is 5.75 Å². The summed E-state index contributed by atoms with van der Waals surface area (Å²) in [5, 5.41) is 11.8. The number of carbonyl (C=O) groups excluding carboxylic acids is 1. The summed E-state index contributed by atoms with van der Waals surface area (Å²) in [6.45, 7) is 2.45. The second-order valence-electron chi connectivity index (χ2n) is 5.78. The summed E-state index contributed by atoms with van der Waals surface area (Å²) in [6, 6.07) is 12.9. The number of carbonyl (C=O) groups is 1. The van der Waals surface area contributed by atoms with E-state index in [1.165, 1.54) is 0 Å². The highest BCUT2D eigenvalue weighted by molar-refractivity contribution is 5.97. The number of aliphatic hydroxyl groups is 1. The van der Waals surface area contributed by atoms with E-state index < -0.39 is 0 Å². The van der Waals surface area contributed by atoms with Crippen molar-refractivity contribution in [2.24, 2.45) is 7.05 Å². The number of rotatable bonds is 6. The maximum atomic E-state index is 12.5. The van der Waals surface area contributed by atoms with Gasteiger partial charge in [0.1, 0.15) is 18.2 Å². The minimum absolute atomic E-state index is 0.0514. The number of hydrogen-bond donors (Lipinski definition) is 2. The molecule has 0 radical (unpaired) electrons. The largest absolute Gasteiger partial charge is 0.491 e. The van der Waals surface area contributed by atoms with Gasteiger partial charge in [0.25, 0.3) is 5.91 Å². The molecule has 0 unspecified atom stereocenters. The van der Waals surface area contributed by atoms with Gasteiger partial charge in [0.2, 0.25) is 0 Å². The first-order valence-electron chi connectivity index (χ1n) is 8.13. The number of fused-ring (bicyclic) bond motifs is 1. The number of para-hydroxylation sites is 1. The zero-order valence-electron chi connectivity index (χ0n) is 14.3. The molecular formula is C19H21N3O3. The number of hydrogen-bond acceptors (Lipinski definition) is 4. The Morgan fingerprint density at radius 3 is 2.88 bits per heavy atom. The number of imidazole rings is 1. The molecule has 0 aliphatic carbocycles. The summed E-state index contributed by atoms with van der Waals surface area (Å²) < 4.78 is 7.48. The Morgan fingerprint density at radius 1 is 1.28 bits per heavy atom. The second kappa shape index (κ2) is 7.36. The lowest BCUT2D eigenvalue weighted by Crippen LogP contribution is -2.23. The summed E-state index contributed by atoms with van der Waals surface area (Å²) in [4.78, 5) is 16.9. The number of amides is 1. The quantitative estimate of drug-likeness (QED) is 0.722. The molecule has 1 heterocycles. The van der Waals surface area contributed by atoms with E-state index >= 15 is 0 Å². The lowest BCUT2D eigenvalue weighted by atomic mass is 10.1. The predicted molar refractivity (Wildman–Crippen MR) is 95.6 cm³/mol. The molecule has 6 nitrogen and oxygen atoms in total. The second-order valence-corrected chi connectivity index (χ2v) is 5.78. The van der Waals surface area contributed by atoms with Gasteiger partial charge < -0.3 is 19.7 Å². The molecule has 0 spiro atoms. The van der Waals surface area contributed by atoms with E-state index in [4.69, 9.17) is 9.84 Å². The molecule has 25 heavy (non-hydrogen) atoms. The maximum Gasteiger partial charge on any atom is 0.251 e. The van der Waals surface area contributed by atoms with Crippen molar-refractivity contribution in [3.63, 3.8) is 0 Å². The van der Waals surface area contributed by atoms with Crippen LogP contribution in [-0.4, -0.2) is 33.8 Å². The highest BCUT2D eigenvalue weighted by Gasteiger charge is 2.11. The molecule has 130 valence electrons. The predicted octanol–water partition coefficient (Wildman–Crippen LogP) is 2.18. The fourth-order valence-corrected chi connectivity index (χ4v) is 2.69. The smallest absolute Gasteiger partial charge is 0.251 e. The molecule has 0 bridgehead atoms. The SMILES string of the molecule is Cc1nc2cc(C(=O)NCc3ccccc3OCCO)ccc2n1C. The molecule has 3 aromatic rings. The van der Waals surface area contributed by atoms with Gasteiger partial charge in [0, 0.05) is 24.7 Å². The van der Waals surface area contributed by atoms with Gasteiger partial charge in [-0.2, -0.15) is 0 Å². The molecule has 2 aromatic carbocycles. The molecule has 0 fully saturated rings. The number of ether oxygens (including phenoxy) is 1. The van der Waals surface area contributed by atoms with Crippen molar-refractivity contribution in [1.82, 2.24) is 14.9 Å². The number of aryl methyl sites for hydroxylation is 2. The van der Waals surface area contributed by atoms with E-state index in [1.807, 2.05) is 48.9 Å². The monoisotopic (exact) mass is 339 g/mol. The molecule has 0 atom stereocenters. The van der Waals surface area contributed by atoms with Crippen LogP contribution in [0.15, 0.2) is 42.5 Å². The fraction of sp³-hybridized carbons (Fsp3) is 0.263. The highest BCUT2D eigenvalue weighted by atomic mass is 16.5. The number of aromatic nitrogens is 2. The van der Waals surface area contributed by atoms with E-state index in [9.17, 15) is 4.79 Å². The van der Waals surface area contributed by atoms with Crippen LogP contribution in [0.5, 0.6) is 5.75 Å². The number of aliphatic hydroxyl groups excluding tert-OH is 1. The van der Waals surface area contributed by atoms with Crippen molar-refractivity contribution in [2.45, 2.75) is 13.5 Å². The van der Waals surface area contributed by atoms with E-state index in [2.05, 4.69) is 10.3 Å². The van der Waals surface area contributed by atoms with Gasteiger partial charge in [-0.1, -0.05) is 18.2 Å². The molecule has 0 saturated carbocycles. The topological polar surface area (TPSA) is 76.4 Å². The van der Waals surface area contributed by atoms with Crippen molar-refractivity contribution in [3.05, 3.63) is 59.4 Å². The van der Waals surface area contributed by atoms with Crippen LogP contribution in [-0.2, 0) is 13.6 Å². The Morgan fingerprint density at radius 2 is 2.08 bits per heavy atom. The number of benzene rings is 2. The third kappa shape index (κ3) is 3.64. The lowest BCUT2D eigenvalue weighted by Gasteiger charge is -2.11. The Bertz CT molecular complexity index is 902. The molecule has 6 heteroatoms. The highest BCUT2D eigenvalue weighted by Crippen LogP contribution is 2.19. The molecule has 0 aliphatic heterocycles. The van der Waals surface area contributed by atoms with Crippen molar-refractivity contribution < 1.29 is 14.6 Å². The van der Waals surface area contributed by atoms with Crippen LogP contribution in [0.2, 0.25) is 0 Å². The van der Waals surface area contributed by atoms with Crippen LogP contribution in [0.1, 0.15) is 21.7 Å². The fourth-order valence-electron chi connectivity index (χ4n) is 2.69. The van der Waals surface area contributed by atoms with Crippen molar-refractivity contribution in [2.75, 3.05) is 13.2 Å². The number of nitrogens with one attached hydrogen (secondary N) is 1. The van der Waals surface area contributed by atoms with E-state index in [-0.39, 0.29) is 19.1 Å².